The molecule has 0 unspecified atom stereocenters. The number of carbonyl (C=O) groups excluding carboxylic acids is 2. The van der Waals surface area contributed by atoms with Gasteiger partial charge in [0.15, 0.2) is 0 Å². The zero-order valence-corrected chi connectivity index (χ0v) is 5.92. The van der Waals surface area contributed by atoms with Gasteiger partial charge >= 0.3 is 11.9 Å². The first-order valence-corrected chi connectivity index (χ1v) is 2.68. The number of esters is 2. The molecule has 0 saturated carbocycles. The van der Waals surface area contributed by atoms with Crippen molar-refractivity contribution in [2.75, 3.05) is 14.2 Å². The highest BCUT2D eigenvalue weighted by molar-refractivity contribution is 5.85. The Hall–Kier alpha value is -1.06. The van der Waals surface area contributed by atoms with E-state index in [1.54, 1.807) is 0 Å². The number of hydrogen-bond donors (Lipinski definition) is 0. The smallest absolute Gasteiger partial charge is 0.310 e. The summed E-state index contributed by atoms with van der Waals surface area (Å²) in [6, 6.07) is 0. The zero-order chi connectivity index (χ0) is 7.98. The molecule has 0 aliphatic rings. The van der Waals surface area contributed by atoms with Gasteiger partial charge in [-0.15, -0.1) is 0 Å². The third kappa shape index (κ3) is 3.88. The number of carbonyl (C=O) groups is 2. The Morgan fingerprint density at radius 3 is 2.30 bits per heavy atom. The first kappa shape index (κ1) is 8.94. The van der Waals surface area contributed by atoms with Crippen molar-refractivity contribution < 1.29 is 19.1 Å². The van der Waals surface area contributed by atoms with Crippen LogP contribution in [0.5, 0.6) is 0 Å². The lowest BCUT2D eigenvalue weighted by atomic mass is 10.3. The summed E-state index contributed by atoms with van der Waals surface area (Å²) in [6.45, 7) is 0. The Morgan fingerprint density at radius 2 is 1.90 bits per heavy atom. The molecule has 0 aliphatic heterocycles. The second-order valence-electron chi connectivity index (χ2n) is 1.51. The third-order valence-electron chi connectivity index (χ3n) is 0.864. The summed E-state index contributed by atoms with van der Waals surface area (Å²) < 4.78 is 8.51. The van der Waals surface area contributed by atoms with Crippen molar-refractivity contribution in [3.05, 3.63) is 6.42 Å². The topological polar surface area (TPSA) is 52.6 Å². The van der Waals surface area contributed by atoms with Crippen molar-refractivity contribution in [2.24, 2.45) is 0 Å². The quantitative estimate of drug-likeness (QED) is 0.521. The summed E-state index contributed by atoms with van der Waals surface area (Å²) in [5.74, 6) is -0.976. The van der Waals surface area contributed by atoms with Gasteiger partial charge < -0.3 is 9.47 Å². The van der Waals surface area contributed by atoms with Crippen LogP contribution in [0.1, 0.15) is 6.42 Å². The van der Waals surface area contributed by atoms with Crippen LogP contribution in [0.2, 0.25) is 0 Å². The normalized spacial score (nSPS) is 8.60. The summed E-state index contributed by atoms with van der Waals surface area (Å²) in [6.07, 6.45) is 1.08. The molecule has 0 saturated heterocycles. The maximum atomic E-state index is 10.4. The standard InChI is InChI=1S/C6H9O4/c1-9-5(7)3-4-6(8)10-2/h3H,4H2,1-2H3. The third-order valence-corrected chi connectivity index (χ3v) is 0.864. The van der Waals surface area contributed by atoms with Crippen molar-refractivity contribution in [1.82, 2.24) is 0 Å². The van der Waals surface area contributed by atoms with E-state index in [2.05, 4.69) is 9.47 Å². The minimum atomic E-state index is -0.523. The van der Waals surface area contributed by atoms with E-state index in [1.807, 2.05) is 0 Å². The fourth-order valence-corrected chi connectivity index (χ4v) is 0.333. The van der Waals surface area contributed by atoms with E-state index >= 15 is 0 Å². The van der Waals surface area contributed by atoms with E-state index < -0.39 is 11.9 Å². The van der Waals surface area contributed by atoms with Gasteiger partial charge in [0.25, 0.3) is 0 Å². The molecule has 10 heavy (non-hydrogen) atoms. The summed E-state index contributed by atoms with van der Waals surface area (Å²) in [4.78, 5) is 20.7. The minimum Gasteiger partial charge on any atom is -0.469 e. The van der Waals surface area contributed by atoms with Gasteiger partial charge in [-0.05, 0) is 0 Å². The summed E-state index contributed by atoms with van der Waals surface area (Å²) in [5.41, 5.74) is 0. The van der Waals surface area contributed by atoms with Gasteiger partial charge in [0, 0.05) is 0 Å². The highest BCUT2D eigenvalue weighted by atomic mass is 16.5. The predicted octanol–water partition coefficient (Wildman–Crippen LogP) is -0.0732. The summed E-state index contributed by atoms with van der Waals surface area (Å²) >= 11 is 0. The van der Waals surface area contributed by atoms with E-state index in [-0.39, 0.29) is 6.42 Å². The largest absolute Gasteiger partial charge is 0.469 e. The Balaban J connectivity index is 3.35. The maximum Gasteiger partial charge on any atom is 0.310 e. The fourth-order valence-electron chi connectivity index (χ4n) is 0.333. The van der Waals surface area contributed by atoms with Crippen LogP contribution in [-0.2, 0) is 19.1 Å². The second kappa shape index (κ2) is 4.78. The SMILES string of the molecule is COC(=O)[CH]CC(=O)OC. The van der Waals surface area contributed by atoms with Crippen LogP contribution in [0, 0.1) is 6.42 Å². The molecule has 0 amide bonds. The van der Waals surface area contributed by atoms with Crippen LogP contribution < -0.4 is 0 Å². The molecule has 57 valence electrons. The molecule has 4 heteroatoms. The minimum absolute atomic E-state index is 0.0385. The number of methoxy groups -OCH3 is 2. The van der Waals surface area contributed by atoms with Crippen molar-refractivity contribution in [3.8, 4) is 0 Å². The Kier molecular flexibility index (Phi) is 4.28. The molecule has 1 radical (unpaired) electrons. The molecule has 0 heterocycles. The van der Waals surface area contributed by atoms with Gasteiger partial charge in [0.2, 0.25) is 0 Å². The van der Waals surface area contributed by atoms with Gasteiger partial charge in [0.05, 0.1) is 27.1 Å². The summed E-state index contributed by atoms with van der Waals surface area (Å²) in [5, 5.41) is 0. The van der Waals surface area contributed by atoms with Gasteiger partial charge in [0.1, 0.15) is 0 Å². The fraction of sp³-hybridized carbons (Fsp3) is 0.500. The molecule has 0 rings (SSSR count). The van der Waals surface area contributed by atoms with Crippen molar-refractivity contribution in [3.63, 3.8) is 0 Å². The van der Waals surface area contributed by atoms with Crippen molar-refractivity contribution >= 4 is 11.9 Å². The highest BCUT2D eigenvalue weighted by Gasteiger charge is 2.05. The number of hydrogen-bond acceptors (Lipinski definition) is 4. The second-order valence-corrected chi connectivity index (χ2v) is 1.51. The van der Waals surface area contributed by atoms with Crippen LogP contribution in [-0.4, -0.2) is 26.2 Å². The van der Waals surface area contributed by atoms with Crippen molar-refractivity contribution in [1.29, 1.82) is 0 Å². The zero-order valence-electron chi connectivity index (χ0n) is 5.92. The molecule has 0 N–H and O–H groups in total. The van der Waals surface area contributed by atoms with Crippen LogP contribution in [0.25, 0.3) is 0 Å². The Morgan fingerprint density at radius 1 is 1.30 bits per heavy atom. The van der Waals surface area contributed by atoms with E-state index in [1.165, 1.54) is 14.2 Å². The molecule has 0 atom stereocenters. The van der Waals surface area contributed by atoms with E-state index in [9.17, 15) is 9.59 Å². The first-order chi connectivity index (χ1) is 4.70. The van der Waals surface area contributed by atoms with Crippen LogP contribution in [0.15, 0.2) is 0 Å². The van der Waals surface area contributed by atoms with Crippen molar-refractivity contribution in [2.45, 2.75) is 6.42 Å². The van der Waals surface area contributed by atoms with Gasteiger partial charge in [-0.3, -0.25) is 9.59 Å². The lowest BCUT2D eigenvalue weighted by Crippen LogP contribution is -2.07. The number of ether oxygens (including phenoxy) is 2. The molecule has 0 fully saturated rings. The predicted molar refractivity (Wildman–Crippen MR) is 32.9 cm³/mol. The molecule has 0 aliphatic carbocycles. The lowest BCUT2D eigenvalue weighted by molar-refractivity contribution is -0.143. The maximum absolute atomic E-state index is 10.4. The van der Waals surface area contributed by atoms with Crippen LogP contribution in [0.3, 0.4) is 0 Å². The lowest BCUT2D eigenvalue weighted by Gasteiger charge is -1.96. The molecule has 0 aromatic heterocycles. The molecule has 0 aromatic rings. The van der Waals surface area contributed by atoms with Gasteiger partial charge in [-0.25, -0.2) is 0 Å². The van der Waals surface area contributed by atoms with Gasteiger partial charge in [-0.2, -0.15) is 0 Å². The molecule has 0 spiro atoms. The Labute approximate surface area is 59.1 Å². The average molecular weight is 145 g/mol. The van der Waals surface area contributed by atoms with Crippen LogP contribution in [0.4, 0.5) is 0 Å². The molecule has 0 bridgehead atoms. The molecule has 0 aromatic carbocycles. The van der Waals surface area contributed by atoms with E-state index in [0.29, 0.717) is 0 Å². The Bertz CT molecular complexity index is 114. The molecule has 4 nitrogen and oxygen atoms in total. The van der Waals surface area contributed by atoms with Crippen LogP contribution >= 0.6 is 0 Å². The average Bonchev–Trinajstić information content (AvgIpc) is 1.99. The summed E-state index contributed by atoms with van der Waals surface area (Å²) in [7, 11) is 2.50. The highest BCUT2D eigenvalue weighted by Crippen LogP contribution is 1.91. The molecular weight excluding hydrogens is 136 g/mol. The first-order valence-electron chi connectivity index (χ1n) is 2.68. The molecular formula is C6H9O4. The van der Waals surface area contributed by atoms with E-state index in [0.717, 1.165) is 6.42 Å². The van der Waals surface area contributed by atoms with E-state index in [4.69, 9.17) is 0 Å². The van der Waals surface area contributed by atoms with Gasteiger partial charge in [-0.1, -0.05) is 0 Å². The number of rotatable bonds is 3. The monoisotopic (exact) mass is 145 g/mol.